The Kier molecular flexibility index (Phi) is 6.11. The molecule has 2 heterocycles. The molecule has 27 heavy (non-hydrogen) atoms. The lowest BCUT2D eigenvalue weighted by atomic mass is 9.73. The number of halogens is 1. The zero-order chi connectivity index (χ0) is 19.3. The molecule has 1 aliphatic rings. The van der Waals surface area contributed by atoms with Crippen LogP contribution in [-0.4, -0.2) is 41.5 Å². The maximum absolute atomic E-state index is 12.8. The average Bonchev–Trinajstić information content (AvgIpc) is 2.70. The van der Waals surface area contributed by atoms with Gasteiger partial charge in [-0.2, -0.15) is 0 Å². The van der Waals surface area contributed by atoms with Crippen molar-refractivity contribution in [2.75, 3.05) is 19.7 Å². The smallest absolute Gasteiger partial charge is 0.312 e. The third kappa shape index (κ3) is 4.30. The van der Waals surface area contributed by atoms with Gasteiger partial charge in [0.05, 0.1) is 17.6 Å². The Hall–Kier alpha value is -2.40. The molecule has 3 rings (SSSR count). The summed E-state index contributed by atoms with van der Waals surface area (Å²) in [7, 11) is 0. The molecule has 0 radical (unpaired) electrons. The summed E-state index contributed by atoms with van der Waals surface area (Å²) in [5.74, 6) is -0.267. The lowest BCUT2D eigenvalue weighted by Gasteiger charge is -2.40. The Labute approximate surface area is 164 Å². The van der Waals surface area contributed by atoms with Crippen LogP contribution in [-0.2, 0) is 16.0 Å². The molecule has 0 atom stereocenters. The molecule has 142 valence electrons. The van der Waals surface area contributed by atoms with Gasteiger partial charge in [-0.15, -0.1) is 0 Å². The maximum atomic E-state index is 12.8. The van der Waals surface area contributed by atoms with E-state index < -0.39 is 5.41 Å². The molecule has 0 saturated carbocycles. The largest absolute Gasteiger partial charge is 0.466 e. The molecule has 6 heteroatoms. The van der Waals surface area contributed by atoms with E-state index in [2.05, 4.69) is 4.98 Å². The first kappa shape index (κ1) is 19.4. The van der Waals surface area contributed by atoms with Crippen LogP contribution in [0.1, 0.15) is 35.7 Å². The molecule has 1 aromatic carbocycles. The highest BCUT2D eigenvalue weighted by molar-refractivity contribution is 6.31. The van der Waals surface area contributed by atoms with Gasteiger partial charge in [0.15, 0.2) is 0 Å². The SMILES string of the molecule is CCOC(=O)C1(Cc2ccccc2Cl)CCN(C(=O)c2cccnc2)CC1. The predicted molar refractivity (Wildman–Crippen MR) is 104 cm³/mol. The van der Waals surface area contributed by atoms with Crippen molar-refractivity contribution in [2.45, 2.75) is 26.2 Å². The van der Waals surface area contributed by atoms with Crippen molar-refractivity contribution in [3.63, 3.8) is 0 Å². The Morgan fingerprint density at radius 1 is 1.19 bits per heavy atom. The second-order valence-electron chi connectivity index (χ2n) is 6.80. The van der Waals surface area contributed by atoms with E-state index in [-0.39, 0.29) is 11.9 Å². The first-order valence-corrected chi connectivity index (χ1v) is 9.53. The van der Waals surface area contributed by atoms with Gasteiger partial charge in [-0.1, -0.05) is 29.8 Å². The summed E-state index contributed by atoms with van der Waals surface area (Å²) in [6.07, 6.45) is 4.81. The summed E-state index contributed by atoms with van der Waals surface area (Å²) in [5.41, 5.74) is 0.832. The topological polar surface area (TPSA) is 59.5 Å². The van der Waals surface area contributed by atoms with Crippen molar-refractivity contribution >= 4 is 23.5 Å². The van der Waals surface area contributed by atoms with Gasteiger partial charge in [0, 0.05) is 30.5 Å². The van der Waals surface area contributed by atoms with Gasteiger partial charge in [0.25, 0.3) is 5.91 Å². The highest BCUT2D eigenvalue weighted by Gasteiger charge is 2.44. The molecule has 5 nitrogen and oxygen atoms in total. The number of esters is 1. The van der Waals surface area contributed by atoms with Crippen LogP contribution in [0.4, 0.5) is 0 Å². The first-order chi connectivity index (χ1) is 13.1. The Bertz CT molecular complexity index is 802. The summed E-state index contributed by atoms with van der Waals surface area (Å²) in [6.45, 7) is 3.14. The zero-order valence-corrected chi connectivity index (χ0v) is 16.1. The highest BCUT2D eigenvalue weighted by atomic mass is 35.5. The number of aromatic nitrogens is 1. The van der Waals surface area contributed by atoms with E-state index in [0.29, 0.717) is 49.5 Å². The molecule has 1 aromatic heterocycles. The molecule has 1 fully saturated rings. The van der Waals surface area contributed by atoms with Gasteiger partial charge in [-0.05, 0) is 49.9 Å². The summed E-state index contributed by atoms with van der Waals surface area (Å²) >= 11 is 6.32. The lowest BCUT2D eigenvalue weighted by Crippen LogP contribution is -2.48. The highest BCUT2D eigenvalue weighted by Crippen LogP contribution is 2.38. The van der Waals surface area contributed by atoms with Crippen LogP contribution in [0, 0.1) is 5.41 Å². The van der Waals surface area contributed by atoms with Gasteiger partial charge in [0.1, 0.15) is 0 Å². The molecule has 0 bridgehead atoms. The molecule has 1 saturated heterocycles. The Morgan fingerprint density at radius 2 is 1.93 bits per heavy atom. The van der Waals surface area contributed by atoms with Crippen LogP contribution in [0.2, 0.25) is 5.02 Å². The minimum Gasteiger partial charge on any atom is -0.466 e. The molecule has 0 spiro atoms. The van der Waals surface area contributed by atoms with Crippen LogP contribution in [0.3, 0.4) is 0 Å². The molecular weight excluding hydrogens is 364 g/mol. The molecule has 2 aromatic rings. The third-order valence-electron chi connectivity index (χ3n) is 5.11. The van der Waals surface area contributed by atoms with Crippen LogP contribution < -0.4 is 0 Å². The number of carbonyl (C=O) groups excluding carboxylic acids is 2. The van der Waals surface area contributed by atoms with E-state index in [1.54, 1.807) is 29.4 Å². The van der Waals surface area contributed by atoms with Crippen LogP contribution in [0.15, 0.2) is 48.8 Å². The van der Waals surface area contributed by atoms with Crippen LogP contribution >= 0.6 is 11.6 Å². The van der Waals surface area contributed by atoms with Crippen molar-refractivity contribution in [2.24, 2.45) is 5.41 Å². The van der Waals surface area contributed by atoms with E-state index >= 15 is 0 Å². The van der Waals surface area contributed by atoms with E-state index in [1.807, 2.05) is 31.2 Å². The number of ether oxygens (including phenoxy) is 1. The average molecular weight is 387 g/mol. The van der Waals surface area contributed by atoms with Gasteiger partial charge >= 0.3 is 5.97 Å². The van der Waals surface area contributed by atoms with Crippen molar-refractivity contribution in [1.82, 2.24) is 9.88 Å². The summed E-state index contributed by atoms with van der Waals surface area (Å²) in [6, 6.07) is 11.1. The number of piperidine rings is 1. The molecule has 0 unspecified atom stereocenters. The minimum atomic E-state index is -0.660. The van der Waals surface area contributed by atoms with Gasteiger partial charge in [-0.3, -0.25) is 14.6 Å². The molecule has 0 N–H and O–H groups in total. The molecular formula is C21H23ClN2O3. The molecule has 0 aliphatic carbocycles. The number of nitrogens with zero attached hydrogens (tertiary/aromatic N) is 2. The van der Waals surface area contributed by atoms with Gasteiger partial charge in [0.2, 0.25) is 0 Å². The zero-order valence-electron chi connectivity index (χ0n) is 15.4. The maximum Gasteiger partial charge on any atom is 0.312 e. The number of benzene rings is 1. The quantitative estimate of drug-likeness (QED) is 0.734. The number of likely N-dealkylation sites (tertiary alicyclic amines) is 1. The van der Waals surface area contributed by atoms with Crippen LogP contribution in [0.25, 0.3) is 0 Å². The fraction of sp³-hybridized carbons (Fsp3) is 0.381. The summed E-state index contributed by atoms with van der Waals surface area (Å²) in [4.78, 5) is 31.3. The number of amides is 1. The van der Waals surface area contributed by atoms with Crippen LogP contribution in [0.5, 0.6) is 0 Å². The monoisotopic (exact) mass is 386 g/mol. The number of carbonyl (C=O) groups is 2. The van der Waals surface area contributed by atoms with Crippen molar-refractivity contribution < 1.29 is 14.3 Å². The van der Waals surface area contributed by atoms with Gasteiger partial charge in [-0.25, -0.2) is 0 Å². The van der Waals surface area contributed by atoms with E-state index in [9.17, 15) is 9.59 Å². The van der Waals surface area contributed by atoms with Crippen molar-refractivity contribution in [3.05, 3.63) is 64.9 Å². The van der Waals surface area contributed by atoms with Crippen molar-refractivity contribution in [1.29, 1.82) is 0 Å². The minimum absolute atomic E-state index is 0.0571. The second-order valence-corrected chi connectivity index (χ2v) is 7.21. The first-order valence-electron chi connectivity index (χ1n) is 9.16. The number of rotatable bonds is 5. The van der Waals surface area contributed by atoms with E-state index in [0.717, 1.165) is 5.56 Å². The summed E-state index contributed by atoms with van der Waals surface area (Å²) in [5, 5.41) is 0.648. The van der Waals surface area contributed by atoms with E-state index in [4.69, 9.17) is 16.3 Å². The van der Waals surface area contributed by atoms with Crippen molar-refractivity contribution in [3.8, 4) is 0 Å². The fourth-order valence-corrected chi connectivity index (χ4v) is 3.76. The van der Waals surface area contributed by atoms with Gasteiger partial charge < -0.3 is 9.64 Å². The molecule has 1 amide bonds. The number of pyridine rings is 1. The fourth-order valence-electron chi connectivity index (χ4n) is 3.55. The standard InChI is InChI=1S/C21H23ClN2O3/c1-2-27-20(26)21(14-16-6-3-4-8-18(16)22)9-12-24(13-10-21)19(25)17-7-5-11-23-15-17/h3-8,11,15H,2,9-10,12-14H2,1H3. The Balaban J connectivity index is 1.77. The Morgan fingerprint density at radius 3 is 2.56 bits per heavy atom. The number of hydrogen-bond donors (Lipinski definition) is 0. The predicted octanol–water partition coefficient (Wildman–Crippen LogP) is 3.76. The lowest BCUT2D eigenvalue weighted by molar-refractivity contribution is -0.158. The molecule has 1 aliphatic heterocycles. The van der Waals surface area contributed by atoms with E-state index in [1.165, 1.54) is 0 Å². The third-order valence-corrected chi connectivity index (χ3v) is 5.48. The normalized spacial score (nSPS) is 16.0. The summed E-state index contributed by atoms with van der Waals surface area (Å²) < 4.78 is 5.38. The number of hydrogen-bond acceptors (Lipinski definition) is 4. The second kappa shape index (κ2) is 8.53.